The number of ether oxygens (including phenoxy) is 10. The molecule has 0 spiro atoms. The first-order valence-electron chi connectivity index (χ1n) is 31.0. The zero-order valence-corrected chi connectivity index (χ0v) is 50.8. The van der Waals surface area contributed by atoms with Crippen LogP contribution in [-0.4, -0.2) is 296 Å². The summed E-state index contributed by atoms with van der Waals surface area (Å²) in [6.45, 7) is 12.9. The minimum atomic E-state index is -1.95. The highest BCUT2D eigenvalue weighted by Crippen LogP contribution is 2.76. The number of rotatable bonds is 19. The monoisotopic (exact) mass is 1260 g/mol. The number of aliphatic hydroxyl groups excluding tert-OH is 17. The van der Waals surface area contributed by atoms with Gasteiger partial charge in [-0.05, 0) is 105 Å². The smallest absolute Gasteiger partial charge is 0.187 e. The van der Waals surface area contributed by atoms with Crippen LogP contribution in [0.2, 0.25) is 0 Å². The molecule has 504 valence electrons. The molecule has 34 unspecified atom stereocenters. The lowest BCUT2D eigenvalue weighted by molar-refractivity contribution is -0.380. The maximum absolute atomic E-state index is 12.8. The maximum atomic E-state index is 12.8. The summed E-state index contributed by atoms with van der Waals surface area (Å²) in [5.41, 5.74) is -2.31. The van der Waals surface area contributed by atoms with Gasteiger partial charge in [0.1, 0.15) is 116 Å². The van der Waals surface area contributed by atoms with E-state index in [1.807, 2.05) is 0 Å². The molecule has 0 radical (unpaired) electrons. The Hall–Kier alpha value is -1.38. The quantitative estimate of drug-likeness (QED) is 0.0540. The Balaban J connectivity index is 0.907. The van der Waals surface area contributed by atoms with E-state index in [0.29, 0.717) is 32.1 Å². The second-order valence-electron chi connectivity index (χ2n) is 28.2. The SMILES string of the molecule is CC(CCC(OC1OC(COC2OC(CO)C(O)C(O)C2O)C(O)C(O)C1OC1OC(CO)C(O)C(O)C1O)C(C)(C)O)C1CCC2(C)C1(C)CC(O)C1C3CCC(OC4OC(CO)C(O)C(O)C4OC4OCC(O)C(O)C4O)C(C)(C)C3=CCC12C. The van der Waals surface area contributed by atoms with Gasteiger partial charge in [0.2, 0.25) is 0 Å². The molecule has 18 N–H and O–H groups in total. The lowest BCUT2D eigenvalue weighted by Crippen LogP contribution is -2.65. The van der Waals surface area contributed by atoms with Crippen molar-refractivity contribution in [3.8, 4) is 0 Å². The molecule has 5 saturated heterocycles. The Labute approximate surface area is 506 Å². The minimum Gasteiger partial charge on any atom is -0.394 e. The molecule has 34 atom stereocenters. The zero-order valence-electron chi connectivity index (χ0n) is 50.8. The molecule has 0 aromatic rings. The van der Waals surface area contributed by atoms with Crippen molar-refractivity contribution in [2.45, 2.75) is 278 Å². The summed E-state index contributed by atoms with van der Waals surface area (Å²) in [4.78, 5) is 0. The van der Waals surface area contributed by atoms with Gasteiger partial charge in [0, 0.05) is 5.41 Å². The molecule has 0 amide bonds. The Morgan fingerprint density at radius 2 is 1.07 bits per heavy atom. The van der Waals surface area contributed by atoms with E-state index in [1.54, 1.807) is 0 Å². The topological polar surface area (TPSA) is 456 Å². The van der Waals surface area contributed by atoms with Crippen LogP contribution in [0.4, 0.5) is 0 Å². The molecule has 0 aromatic carbocycles. The van der Waals surface area contributed by atoms with Crippen molar-refractivity contribution < 1.29 is 139 Å². The van der Waals surface area contributed by atoms with Gasteiger partial charge in [-0.15, -0.1) is 0 Å². The molecule has 5 aliphatic heterocycles. The van der Waals surface area contributed by atoms with E-state index < -0.39 is 214 Å². The average molecular weight is 1260 g/mol. The summed E-state index contributed by atoms with van der Waals surface area (Å²) >= 11 is 0. The number of hydrogen-bond donors (Lipinski definition) is 18. The Morgan fingerprint density at radius 3 is 1.67 bits per heavy atom. The first-order chi connectivity index (χ1) is 40.7. The average Bonchev–Trinajstić information content (AvgIpc) is 1.73. The summed E-state index contributed by atoms with van der Waals surface area (Å²) < 4.78 is 59.9. The first-order valence-corrected chi connectivity index (χ1v) is 31.0. The van der Waals surface area contributed by atoms with Crippen LogP contribution in [0.5, 0.6) is 0 Å². The highest BCUT2D eigenvalue weighted by molar-refractivity contribution is 5.31. The van der Waals surface area contributed by atoms with Gasteiger partial charge >= 0.3 is 0 Å². The lowest BCUT2D eigenvalue weighted by Gasteiger charge is -2.68. The second kappa shape index (κ2) is 26.8. The molecule has 0 aromatic heterocycles. The van der Waals surface area contributed by atoms with Crippen molar-refractivity contribution in [1.82, 2.24) is 0 Å². The summed E-state index contributed by atoms with van der Waals surface area (Å²) in [6.07, 6.45) is -35.2. The van der Waals surface area contributed by atoms with Crippen LogP contribution >= 0.6 is 0 Å². The summed E-state index contributed by atoms with van der Waals surface area (Å²) in [7, 11) is 0. The van der Waals surface area contributed by atoms with E-state index in [1.165, 1.54) is 13.8 Å². The van der Waals surface area contributed by atoms with Crippen molar-refractivity contribution in [3.63, 3.8) is 0 Å². The van der Waals surface area contributed by atoms with Crippen LogP contribution in [0.3, 0.4) is 0 Å². The van der Waals surface area contributed by atoms with E-state index in [0.717, 1.165) is 18.4 Å². The van der Waals surface area contributed by atoms with Crippen LogP contribution in [0.25, 0.3) is 0 Å². The van der Waals surface area contributed by atoms with Crippen molar-refractivity contribution in [3.05, 3.63) is 11.6 Å². The molecule has 0 bridgehead atoms. The second-order valence-corrected chi connectivity index (χ2v) is 28.2. The van der Waals surface area contributed by atoms with E-state index in [9.17, 15) is 91.9 Å². The van der Waals surface area contributed by atoms with Crippen LogP contribution < -0.4 is 0 Å². The molecule has 4 aliphatic carbocycles. The molecule has 9 rings (SSSR count). The molecular weight excluding hydrogens is 1160 g/mol. The molecule has 28 heteroatoms. The highest BCUT2D eigenvalue weighted by atomic mass is 16.8. The van der Waals surface area contributed by atoms with E-state index in [4.69, 9.17) is 47.4 Å². The van der Waals surface area contributed by atoms with E-state index in [-0.39, 0.29) is 42.1 Å². The number of hydrogen-bond acceptors (Lipinski definition) is 28. The molecule has 8 fully saturated rings. The summed E-state index contributed by atoms with van der Waals surface area (Å²) in [5, 5.41) is 195. The number of allylic oxidation sites excluding steroid dienone is 1. The maximum Gasteiger partial charge on any atom is 0.187 e. The van der Waals surface area contributed by atoms with Gasteiger partial charge in [-0.25, -0.2) is 0 Å². The van der Waals surface area contributed by atoms with Crippen molar-refractivity contribution in [2.75, 3.05) is 33.0 Å². The van der Waals surface area contributed by atoms with Gasteiger partial charge in [0.05, 0.1) is 56.9 Å². The summed E-state index contributed by atoms with van der Waals surface area (Å²) in [5.74, 6) is -0.186. The fourth-order valence-corrected chi connectivity index (χ4v) is 16.9. The number of fused-ring (bicyclic) bond motifs is 5. The minimum absolute atomic E-state index is 0.0381. The van der Waals surface area contributed by atoms with Crippen LogP contribution in [0, 0.1) is 45.3 Å². The molecule has 5 heterocycles. The molecule has 28 nitrogen and oxygen atoms in total. The third-order valence-electron chi connectivity index (χ3n) is 22.5. The lowest BCUT2D eigenvalue weighted by atomic mass is 9.37. The van der Waals surface area contributed by atoms with Gasteiger partial charge in [-0.3, -0.25) is 0 Å². The van der Waals surface area contributed by atoms with Crippen LogP contribution in [-0.2, 0) is 47.4 Å². The van der Waals surface area contributed by atoms with E-state index >= 15 is 0 Å². The summed E-state index contributed by atoms with van der Waals surface area (Å²) in [6, 6.07) is 0. The molecule has 87 heavy (non-hydrogen) atoms. The largest absolute Gasteiger partial charge is 0.394 e. The standard InChI is InChI=1S/C59H100O28/c1-23(9-11-34(56(4,5)77)85-54-49(87-52-47(76)42(71)38(67)30(19-61)81-52)44(73)40(69)32(83-54)22-79-50-46(75)41(70)37(66)29(18-60)80-50)25-14-16-59(8)57(6)15-13-26-24(35(57)27(63)17-58(25,59)7)10-12-33(55(26,2)3)84-53-48(43(72)39(68)31(20-62)82-53)86-51-45(74)36(65)28(64)21-78-51/h13,23-25,27-54,60-77H,9-12,14-22H2,1-8H3. The van der Waals surface area contributed by atoms with Crippen molar-refractivity contribution in [1.29, 1.82) is 0 Å². The highest BCUT2D eigenvalue weighted by Gasteiger charge is 2.71. The molecular formula is C59H100O28. The normalized spacial score (nSPS) is 51.8. The number of aliphatic hydroxyl groups is 18. The van der Waals surface area contributed by atoms with Crippen LogP contribution in [0.1, 0.15) is 107 Å². The molecule has 3 saturated carbocycles. The van der Waals surface area contributed by atoms with Gasteiger partial charge in [0.25, 0.3) is 0 Å². The predicted octanol–water partition coefficient (Wildman–Crippen LogP) is -4.77. The van der Waals surface area contributed by atoms with Crippen molar-refractivity contribution >= 4 is 0 Å². The van der Waals surface area contributed by atoms with Gasteiger partial charge in [-0.2, -0.15) is 0 Å². The van der Waals surface area contributed by atoms with Crippen LogP contribution in [0.15, 0.2) is 11.6 Å². The Kier molecular flexibility index (Phi) is 21.5. The Morgan fingerprint density at radius 1 is 0.552 bits per heavy atom. The van der Waals surface area contributed by atoms with Gasteiger partial charge in [-0.1, -0.05) is 53.2 Å². The van der Waals surface area contributed by atoms with E-state index in [2.05, 4.69) is 47.6 Å². The van der Waals surface area contributed by atoms with Gasteiger partial charge in [0.15, 0.2) is 31.5 Å². The predicted molar refractivity (Wildman–Crippen MR) is 294 cm³/mol. The first kappa shape index (κ1) is 69.9. The molecule has 9 aliphatic rings. The Bertz CT molecular complexity index is 2290. The fourth-order valence-electron chi connectivity index (χ4n) is 16.9. The third kappa shape index (κ3) is 12.7. The van der Waals surface area contributed by atoms with Crippen molar-refractivity contribution in [2.24, 2.45) is 45.3 Å². The van der Waals surface area contributed by atoms with Gasteiger partial charge < -0.3 is 139 Å². The third-order valence-corrected chi connectivity index (χ3v) is 22.5. The fraction of sp³-hybridized carbons (Fsp3) is 0.966. The zero-order chi connectivity index (χ0) is 63.9.